The molecule has 0 bridgehead atoms. The normalized spacial score (nSPS) is 12.1. The number of aromatic nitrogens is 1. The molecule has 8 heteroatoms. The number of pyridine rings is 1. The smallest absolute Gasteiger partial charge is 0.270 e. The van der Waals surface area contributed by atoms with Gasteiger partial charge in [-0.2, -0.15) is 0 Å². The first-order chi connectivity index (χ1) is 13.5. The van der Waals surface area contributed by atoms with E-state index in [-0.39, 0.29) is 24.3 Å². The largest absolute Gasteiger partial charge is 0.454 e. The van der Waals surface area contributed by atoms with Gasteiger partial charge in [0.2, 0.25) is 6.79 Å². The van der Waals surface area contributed by atoms with E-state index in [9.17, 15) is 9.59 Å². The van der Waals surface area contributed by atoms with E-state index in [0.29, 0.717) is 30.2 Å². The highest BCUT2D eigenvalue weighted by molar-refractivity contribution is 5.98. The fourth-order valence-corrected chi connectivity index (χ4v) is 2.72. The molecule has 0 spiro atoms. The molecule has 0 saturated carbocycles. The topological polar surface area (TPSA) is 92.8 Å². The summed E-state index contributed by atoms with van der Waals surface area (Å²) in [5, 5.41) is 5.65. The van der Waals surface area contributed by atoms with E-state index in [0.717, 1.165) is 18.5 Å². The summed E-state index contributed by atoms with van der Waals surface area (Å²) >= 11 is 0. The van der Waals surface area contributed by atoms with E-state index < -0.39 is 0 Å². The first kappa shape index (κ1) is 19.6. The third-order valence-electron chi connectivity index (χ3n) is 4.21. The molecular formula is C20H24N4O4. The summed E-state index contributed by atoms with van der Waals surface area (Å²) in [7, 11) is 3.97. The first-order valence-corrected chi connectivity index (χ1v) is 9.08. The number of carbonyl (C=O) groups is 2. The lowest BCUT2D eigenvalue weighted by Gasteiger charge is -2.10. The number of amides is 2. The molecule has 0 radical (unpaired) electrons. The number of hydrogen-bond acceptors (Lipinski definition) is 6. The van der Waals surface area contributed by atoms with Crippen LogP contribution in [0.3, 0.4) is 0 Å². The molecule has 1 aromatic carbocycles. The lowest BCUT2D eigenvalue weighted by atomic mass is 10.2. The van der Waals surface area contributed by atoms with Crippen molar-refractivity contribution in [3.63, 3.8) is 0 Å². The lowest BCUT2D eigenvalue weighted by molar-refractivity contribution is 0.0946. The second-order valence-electron chi connectivity index (χ2n) is 6.71. The monoisotopic (exact) mass is 384 g/mol. The maximum absolute atomic E-state index is 12.4. The van der Waals surface area contributed by atoms with Crippen molar-refractivity contribution in [2.24, 2.45) is 0 Å². The molecule has 1 aliphatic heterocycles. The summed E-state index contributed by atoms with van der Waals surface area (Å²) in [6, 6.07) is 8.59. The minimum absolute atomic E-state index is 0.196. The third kappa shape index (κ3) is 5.20. The Bertz CT molecular complexity index is 854. The van der Waals surface area contributed by atoms with Gasteiger partial charge in [0.1, 0.15) is 5.69 Å². The van der Waals surface area contributed by atoms with Gasteiger partial charge < -0.3 is 25.0 Å². The maximum Gasteiger partial charge on any atom is 0.270 e. The van der Waals surface area contributed by atoms with Crippen LogP contribution in [-0.4, -0.2) is 55.7 Å². The fourth-order valence-electron chi connectivity index (χ4n) is 2.72. The first-order valence-electron chi connectivity index (χ1n) is 9.08. The Balaban J connectivity index is 1.54. The van der Waals surface area contributed by atoms with Gasteiger partial charge in [0.15, 0.2) is 11.5 Å². The van der Waals surface area contributed by atoms with E-state index in [4.69, 9.17) is 9.47 Å². The Morgan fingerprint density at radius 2 is 1.89 bits per heavy atom. The van der Waals surface area contributed by atoms with Crippen LogP contribution in [0, 0.1) is 0 Å². The molecule has 0 saturated heterocycles. The van der Waals surface area contributed by atoms with Crippen molar-refractivity contribution in [1.82, 2.24) is 20.5 Å². The van der Waals surface area contributed by atoms with Gasteiger partial charge in [0.05, 0.1) is 0 Å². The van der Waals surface area contributed by atoms with Gasteiger partial charge in [-0.1, -0.05) is 6.07 Å². The van der Waals surface area contributed by atoms with Gasteiger partial charge in [-0.25, -0.2) is 0 Å². The van der Waals surface area contributed by atoms with E-state index in [1.165, 1.54) is 12.3 Å². The summed E-state index contributed by atoms with van der Waals surface area (Å²) in [6.45, 7) is 1.99. The zero-order valence-electron chi connectivity index (χ0n) is 16.0. The fraction of sp³-hybridized carbons (Fsp3) is 0.350. The predicted octanol–water partition coefficient (Wildman–Crippen LogP) is 1.42. The third-order valence-corrected chi connectivity index (χ3v) is 4.21. The van der Waals surface area contributed by atoms with Crippen molar-refractivity contribution in [1.29, 1.82) is 0 Å². The molecule has 8 nitrogen and oxygen atoms in total. The Morgan fingerprint density at radius 3 is 2.71 bits per heavy atom. The van der Waals surface area contributed by atoms with Crippen molar-refractivity contribution in [2.75, 3.05) is 34.0 Å². The minimum atomic E-state index is -0.347. The SMILES string of the molecule is CN(C)CCCNC(=O)c1ccnc(C(=O)NCc2ccc3c(c2)OCO3)c1. The number of ether oxygens (including phenoxy) is 2. The Morgan fingerprint density at radius 1 is 1.07 bits per heavy atom. The lowest BCUT2D eigenvalue weighted by Crippen LogP contribution is -2.28. The number of nitrogens with zero attached hydrogens (tertiary/aromatic N) is 2. The average molecular weight is 384 g/mol. The van der Waals surface area contributed by atoms with Crippen LogP contribution in [0.25, 0.3) is 0 Å². The van der Waals surface area contributed by atoms with E-state index in [1.54, 1.807) is 6.07 Å². The molecule has 0 fully saturated rings. The highest BCUT2D eigenvalue weighted by Gasteiger charge is 2.15. The van der Waals surface area contributed by atoms with Gasteiger partial charge >= 0.3 is 0 Å². The minimum Gasteiger partial charge on any atom is -0.454 e. The van der Waals surface area contributed by atoms with Gasteiger partial charge in [-0.3, -0.25) is 14.6 Å². The number of hydrogen-bond donors (Lipinski definition) is 2. The van der Waals surface area contributed by atoms with Gasteiger partial charge in [0, 0.05) is 24.8 Å². The molecule has 0 unspecified atom stereocenters. The number of nitrogens with one attached hydrogen (secondary N) is 2. The molecule has 2 heterocycles. The predicted molar refractivity (Wildman–Crippen MR) is 103 cm³/mol. The molecule has 3 rings (SSSR count). The summed E-state index contributed by atoms with van der Waals surface area (Å²) in [5.41, 5.74) is 1.49. The second kappa shape index (κ2) is 9.18. The zero-order chi connectivity index (χ0) is 19.9. The number of rotatable bonds is 8. The second-order valence-corrected chi connectivity index (χ2v) is 6.71. The molecular weight excluding hydrogens is 360 g/mol. The summed E-state index contributed by atoms with van der Waals surface area (Å²) < 4.78 is 10.6. The molecule has 1 aliphatic rings. The standard InChI is InChI=1S/C20H24N4O4/c1-24(2)9-3-7-22-19(25)15-6-8-21-16(11-15)20(26)23-12-14-4-5-17-18(10-14)28-13-27-17/h4-6,8,10-11H,3,7,9,12-13H2,1-2H3,(H,22,25)(H,23,26). The molecule has 0 atom stereocenters. The molecule has 0 aliphatic carbocycles. The number of carbonyl (C=O) groups excluding carboxylic acids is 2. The van der Waals surface area contributed by atoms with Crippen molar-refractivity contribution < 1.29 is 19.1 Å². The van der Waals surface area contributed by atoms with E-state index in [1.807, 2.05) is 32.3 Å². The van der Waals surface area contributed by atoms with E-state index in [2.05, 4.69) is 20.5 Å². The average Bonchev–Trinajstić information content (AvgIpc) is 3.17. The molecule has 2 aromatic rings. The summed E-state index contributed by atoms with van der Waals surface area (Å²) in [5.74, 6) is 0.796. The van der Waals surface area contributed by atoms with E-state index >= 15 is 0 Å². The van der Waals surface area contributed by atoms with Crippen LogP contribution in [0.4, 0.5) is 0 Å². The highest BCUT2D eigenvalue weighted by Crippen LogP contribution is 2.32. The Kier molecular flexibility index (Phi) is 6.44. The van der Waals surface area contributed by atoms with Crippen LogP contribution in [0.5, 0.6) is 11.5 Å². The number of fused-ring (bicyclic) bond motifs is 1. The molecule has 1 aromatic heterocycles. The van der Waals surface area contributed by atoms with Crippen molar-refractivity contribution >= 4 is 11.8 Å². The summed E-state index contributed by atoms with van der Waals surface area (Å²) in [6.07, 6.45) is 2.32. The van der Waals surface area contributed by atoms with Crippen LogP contribution in [0.15, 0.2) is 36.5 Å². The van der Waals surface area contributed by atoms with Gasteiger partial charge in [0.25, 0.3) is 11.8 Å². The van der Waals surface area contributed by atoms with Crippen molar-refractivity contribution in [3.8, 4) is 11.5 Å². The van der Waals surface area contributed by atoms with Crippen LogP contribution in [0.2, 0.25) is 0 Å². The molecule has 148 valence electrons. The maximum atomic E-state index is 12.4. The zero-order valence-corrected chi connectivity index (χ0v) is 16.0. The highest BCUT2D eigenvalue weighted by atomic mass is 16.7. The van der Waals surface area contributed by atoms with Crippen LogP contribution in [0.1, 0.15) is 32.8 Å². The van der Waals surface area contributed by atoms with Gasteiger partial charge in [-0.05, 0) is 56.9 Å². The Labute approximate surface area is 163 Å². The quantitative estimate of drug-likeness (QED) is 0.669. The molecule has 2 N–H and O–H groups in total. The van der Waals surface area contributed by atoms with Crippen molar-refractivity contribution in [2.45, 2.75) is 13.0 Å². The molecule has 2 amide bonds. The number of benzene rings is 1. The summed E-state index contributed by atoms with van der Waals surface area (Å²) in [4.78, 5) is 30.8. The van der Waals surface area contributed by atoms with Crippen LogP contribution < -0.4 is 20.1 Å². The Hall–Kier alpha value is -3.13. The van der Waals surface area contributed by atoms with Crippen LogP contribution in [-0.2, 0) is 6.54 Å². The van der Waals surface area contributed by atoms with Crippen molar-refractivity contribution in [3.05, 3.63) is 53.3 Å². The molecule has 28 heavy (non-hydrogen) atoms. The van der Waals surface area contributed by atoms with Crippen LogP contribution >= 0.6 is 0 Å². The van der Waals surface area contributed by atoms with Gasteiger partial charge in [-0.15, -0.1) is 0 Å².